The Hall–Kier alpha value is -1.28. The topological polar surface area (TPSA) is 19.0 Å². The highest BCUT2D eigenvalue weighted by Gasteiger charge is 2.74. The van der Waals surface area contributed by atoms with Crippen LogP contribution in [0, 0.1) is 5.41 Å². The predicted octanol–water partition coefficient (Wildman–Crippen LogP) is 2.69. The molecular weight excluding hydrogens is 220 g/mol. The Morgan fingerprint density at radius 2 is 2.28 bits per heavy atom. The average molecular weight is 238 g/mol. The fourth-order valence-electron chi connectivity index (χ4n) is 5.25. The molecule has 1 aromatic heterocycles. The van der Waals surface area contributed by atoms with Crippen molar-refractivity contribution in [2.24, 2.45) is 5.41 Å². The quantitative estimate of drug-likeness (QED) is 0.747. The van der Waals surface area contributed by atoms with E-state index in [0.29, 0.717) is 10.8 Å². The molecule has 1 saturated carbocycles. The zero-order valence-electron chi connectivity index (χ0n) is 11.0. The van der Waals surface area contributed by atoms with Gasteiger partial charge in [0.15, 0.2) is 0 Å². The number of H-pyrrole nitrogens is 1. The summed E-state index contributed by atoms with van der Waals surface area (Å²) in [6.45, 7) is 3.75. The Morgan fingerprint density at radius 1 is 1.39 bits per heavy atom. The van der Waals surface area contributed by atoms with Crippen molar-refractivity contribution in [1.29, 1.82) is 0 Å². The normalized spacial score (nSPS) is 40.9. The molecular formula is C16H18N2. The highest BCUT2D eigenvalue weighted by atomic mass is 15.2. The van der Waals surface area contributed by atoms with E-state index in [2.05, 4.69) is 48.3 Å². The van der Waals surface area contributed by atoms with Crippen LogP contribution in [0.5, 0.6) is 0 Å². The summed E-state index contributed by atoms with van der Waals surface area (Å²) in [7, 11) is 2.31. The lowest BCUT2D eigenvalue weighted by atomic mass is 9.75. The third kappa shape index (κ3) is 0.777. The number of nitrogens with one attached hydrogen (secondary N) is 1. The van der Waals surface area contributed by atoms with E-state index in [1.807, 2.05) is 0 Å². The molecule has 2 nitrogen and oxygen atoms in total. The van der Waals surface area contributed by atoms with Gasteiger partial charge in [-0.3, -0.25) is 0 Å². The molecule has 1 saturated heterocycles. The molecule has 2 aromatic rings. The van der Waals surface area contributed by atoms with Crippen molar-refractivity contribution in [3.63, 3.8) is 0 Å². The third-order valence-corrected chi connectivity index (χ3v) is 6.00. The van der Waals surface area contributed by atoms with E-state index >= 15 is 0 Å². The lowest BCUT2D eigenvalue weighted by Gasteiger charge is -2.34. The number of likely N-dealkylation sites (tertiary alicyclic amines) is 1. The van der Waals surface area contributed by atoms with Gasteiger partial charge in [-0.1, -0.05) is 19.1 Å². The Labute approximate surface area is 107 Å². The predicted molar refractivity (Wildman–Crippen MR) is 72.8 cm³/mol. The van der Waals surface area contributed by atoms with E-state index in [4.69, 9.17) is 0 Å². The molecule has 18 heavy (non-hydrogen) atoms. The first kappa shape index (κ1) is 9.62. The van der Waals surface area contributed by atoms with E-state index < -0.39 is 0 Å². The number of aromatic amines is 1. The SMILES string of the molecule is CN1C[C@@]2(C)CC23c2cccc4[nH]cc(c24)C[C@@H]13. The summed E-state index contributed by atoms with van der Waals surface area (Å²) in [6.07, 6.45) is 4.84. The molecule has 5 rings (SSSR count). The van der Waals surface area contributed by atoms with Crippen LogP contribution in [0.4, 0.5) is 0 Å². The molecule has 2 aliphatic carbocycles. The fourth-order valence-corrected chi connectivity index (χ4v) is 5.25. The van der Waals surface area contributed by atoms with Gasteiger partial charge in [0, 0.05) is 35.1 Å². The van der Waals surface area contributed by atoms with Crippen molar-refractivity contribution in [3.8, 4) is 0 Å². The number of benzene rings is 1. The first-order valence-corrected chi connectivity index (χ1v) is 6.95. The summed E-state index contributed by atoms with van der Waals surface area (Å²) in [5.74, 6) is 0. The van der Waals surface area contributed by atoms with E-state index in [-0.39, 0.29) is 0 Å². The lowest BCUT2D eigenvalue weighted by molar-refractivity contribution is 0.246. The Kier molecular flexibility index (Phi) is 1.35. The second-order valence-electron chi connectivity index (χ2n) is 6.89. The second-order valence-corrected chi connectivity index (χ2v) is 6.89. The summed E-state index contributed by atoms with van der Waals surface area (Å²) in [5, 5.41) is 1.53. The Bertz CT molecular complexity index is 685. The third-order valence-electron chi connectivity index (χ3n) is 6.00. The Balaban J connectivity index is 1.89. The van der Waals surface area contributed by atoms with Crippen LogP contribution in [0.1, 0.15) is 24.5 Å². The number of piperidine rings is 1. The summed E-state index contributed by atoms with van der Waals surface area (Å²) >= 11 is 0. The molecule has 1 aliphatic heterocycles. The van der Waals surface area contributed by atoms with Crippen molar-refractivity contribution >= 4 is 10.9 Å². The zero-order chi connectivity index (χ0) is 12.1. The molecule has 2 fully saturated rings. The molecule has 0 radical (unpaired) electrons. The molecule has 1 spiro atoms. The molecule has 3 atom stereocenters. The summed E-state index contributed by atoms with van der Waals surface area (Å²) in [5.41, 5.74) is 5.46. The maximum Gasteiger partial charge on any atom is 0.0459 e. The molecule has 1 N–H and O–H groups in total. The summed E-state index contributed by atoms with van der Waals surface area (Å²) < 4.78 is 0. The number of likely N-dealkylation sites (N-methyl/N-ethyl adjacent to an activating group) is 1. The highest BCUT2D eigenvalue weighted by molar-refractivity contribution is 5.90. The average Bonchev–Trinajstić information content (AvgIpc) is 2.68. The maximum atomic E-state index is 3.45. The lowest BCUT2D eigenvalue weighted by Crippen LogP contribution is -2.40. The summed E-state index contributed by atoms with van der Waals surface area (Å²) in [6, 6.07) is 7.55. The number of aromatic nitrogens is 1. The van der Waals surface area contributed by atoms with Gasteiger partial charge in [0.1, 0.15) is 0 Å². The smallest absolute Gasteiger partial charge is 0.0459 e. The first-order valence-electron chi connectivity index (χ1n) is 6.95. The minimum atomic E-state index is 0.455. The van der Waals surface area contributed by atoms with E-state index in [1.165, 1.54) is 35.9 Å². The standard InChI is InChI=1S/C16H18N2/c1-15-8-16(15)11-4-3-5-12-14(11)10(7-17-12)6-13(16)18(2)9-15/h3-5,7,13,17H,6,8-9H2,1-2H3/t13-,15-,16?/m1/s1. The van der Waals surface area contributed by atoms with Crippen LogP contribution in [0.15, 0.2) is 24.4 Å². The summed E-state index contributed by atoms with van der Waals surface area (Å²) in [4.78, 5) is 6.05. The number of hydrogen-bond donors (Lipinski definition) is 1. The van der Waals surface area contributed by atoms with Gasteiger partial charge in [-0.2, -0.15) is 0 Å². The number of nitrogens with zero attached hydrogens (tertiary/aromatic N) is 1. The van der Waals surface area contributed by atoms with Crippen molar-refractivity contribution in [1.82, 2.24) is 9.88 Å². The van der Waals surface area contributed by atoms with Crippen LogP contribution in [0.3, 0.4) is 0 Å². The van der Waals surface area contributed by atoms with E-state index in [1.54, 1.807) is 5.56 Å². The van der Waals surface area contributed by atoms with Crippen molar-refractivity contribution < 1.29 is 0 Å². The molecule has 0 amide bonds. The van der Waals surface area contributed by atoms with E-state index in [0.717, 1.165) is 6.04 Å². The van der Waals surface area contributed by atoms with E-state index in [9.17, 15) is 0 Å². The zero-order valence-corrected chi connectivity index (χ0v) is 11.0. The number of rotatable bonds is 0. The monoisotopic (exact) mass is 238 g/mol. The molecule has 1 unspecified atom stereocenters. The van der Waals surface area contributed by atoms with Crippen molar-refractivity contribution in [3.05, 3.63) is 35.5 Å². The van der Waals surface area contributed by atoms with Crippen LogP contribution in [0.25, 0.3) is 10.9 Å². The minimum Gasteiger partial charge on any atom is -0.361 e. The molecule has 2 heterocycles. The van der Waals surface area contributed by atoms with Gasteiger partial charge in [-0.25, -0.2) is 0 Å². The van der Waals surface area contributed by atoms with Crippen LogP contribution in [-0.2, 0) is 11.8 Å². The number of hydrogen-bond acceptors (Lipinski definition) is 1. The maximum absolute atomic E-state index is 3.45. The second kappa shape index (κ2) is 2.53. The molecule has 0 bridgehead atoms. The molecule has 1 aromatic carbocycles. The van der Waals surface area contributed by atoms with Crippen LogP contribution in [0.2, 0.25) is 0 Å². The highest BCUT2D eigenvalue weighted by Crippen LogP contribution is 2.73. The van der Waals surface area contributed by atoms with Gasteiger partial charge < -0.3 is 9.88 Å². The molecule has 3 aliphatic rings. The van der Waals surface area contributed by atoms with Crippen molar-refractivity contribution in [2.75, 3.05) is 13.6 Å². The van der Waals surface area contributed by atoms with Gasteiger partial charge in [0.25, 0.3) is 0 Å². The first-order chi connectivity index (χ1) is 8.66. The van der Waals surface area contributed by atoms with Crippen LogP contribution in [-0.4, -0.2) is 29.5 Å². The van der Waals surface area contributed by atoms with Gasteiger partial charge >= 0.3 is 0 Å². The molecule has 92 valence electrons. The van der Waals surface area contributed by atoms with Gasteiger partial charge in [-0.15, -0.1) is 0 Å². The van der Waals surface area contributed by atoms with Crippen molar-refractivity contribution in [2.45, 2.75) is 31.2 Å². The van der Waals surface area contributed by atoms with Crippen LogP contribution < -0.4 is 0 Å². The van der Waals surface area contributed by atoms with Gasteiger partial charge in [0.2, 0.25) is 0 Å². The fraction of sp³-hybridized carbons (Fsp3) is 0.500. The largest absolute Gasteiger partial charge is 0.361 e. The Morgan fingerprint density at radius 3 is 3.17 bits per heavy atom. The van der Waals surface area contributed by atoms with Gasteiger partial charge in [0.05, 0.1) is 0 Å². The van der Waals surface area contributed by atoms with Crippen LogP contribution >= 0.6 is 0 Å². The minimum absolute atomic E-state index is 0.455. The van der Waals surface area contributed by atoms with Gasteiger partial charge in [-0.05, 0) is 42.5 Å². The molecule has 2 heteroatoms.